The van der Waals surface area contributed by atoms with Crippen molar-refractivity contribution in [2.24, 2.45) is 0 Å². The van der Waals surface area contributed by atoms with Gasteiger partial charge in [0.2, 0.25) is 11.8 Å². The third-order valence-corrected chi connectivity index (χ3v) is 4.01. The van der Waals surface area contributed by atoms with E-state index in [0.717, 1.165) is 18.8 Å². The van der Waals surface area contributed by atoms with Crippen LogP contribution >= 0.6 is 0 Å². The molecule has 0 N–H and O–H groups in total. The average molecular weight is 259 g/mol. The molecule has 0 saturated carbocycles. The van der Waals surface area contributed by atoms with E-state index in [0.29, 0.717) is 12.8 Å². The molecule has 0 bridgehead atoms. The van der Waals surface area contributed by atoms with E-state index >= 15 is 0 Å². The minimum atomic E-state index is -0.0138. The number of nitrogens with zero attached hydrogens (tertiary/aromatic N) is 3. The number of carbonyl (C=O) groups is 2. The summed E-state index contributed by atoms with van der Waals surface area (Å²) in [5.41, 5.74) is 1.03. The molecule has 0 radical (unpaired) electrons. The summed E-state index contributed by atoms with van der Waals surface area (Å²) in [6.07, 6.45) is 2.55. The van der Waals surface area contributed by atoms with Crippen LogP contribution in [0.5, 0.6) is 0 Å². The number of aromatic nitrogens is 1. The van der Waals surface area contributed by atoms with Crippen molar-refractivity contribution in [3.05, 3.63) is 30.1 Å². The van der Waals surface area contributed by atoms with Crippen LogP contribution in [-0.2, 0) is 9.59 Å². The molecule has 3 heterocycles. The summed E-state index contributed by atoms with van der Waals surface area (Å²) in [6, 6.07) is 6.17. The molecule has 0 aliphatic carbocycles. The predicted octanol–water partition coefficient (Wildman–Crippen LogP) is 0.976. The lowest BCUT2D eigenvalue weighted by Gasteiger charge is -2.45. The Balaban J connectivity index is 1.61. The number of hydrogen-bond acceptors (Lipinski definition) is 4. The van der Waals surface area contributed by atoms with Gasteiger partial charge in [0.25, 0.3) is 0 Å². The second-order valence-corrected chi connectivity index (χ2v) is 5.20. The molecule has 5 heteroatoms. The van der Waals surface area contributed by atoms with E-state index in [1.165, 1.54) is 4.90 Å². The summed E-state index contributed by atoms with van der Waals surface area (Å²) in [5, 5.41) is 0. The van der Waals surface area contributed by atoms with E-state index in [9.17, 15) is 9.59 Å². The molecule has 2 aliphatic rings. The zero-order valence-electron chi connectivity index (χ0n) is 11.0. The largest absolute Gasteiger partial charge is 0.291 e. The van der Waals surface area contributed by atoms with Crippen molar-refractivity contribution in [2.45, 2.75) is 31.8 Å². The van der Waals surface area contributed by atoms with Crippen LogP contribution in [0.4, 0.5) is 0 Å². The standard InChI is InChI=1S/C14H17N3O2/c1-10(12-4-2-3-7-15-12)16-8-11(9-16)17-13(18)5-6-14(17)19/h2-4,7,10-11H,5-6,8-9H2,1H3. The molecule has 0 aromatic carbocycles. The van der Waals surface area contributed by atoms with E-state index in [-0.39, 0.29) is 23.9 Å². The molecule has 2 amide bonds. The Morgan fingerprint density at radius 3 is 2.47 bits per heavy atom. The predicted molar refractivity (Wildman–Crippen MR) is 69.1 cm³/mol. The quantitative estimate of drug-likeness (QED) is 0.759. The highest BCUT2D eigenvalue weighted by atomic mass is 16.2. The van der Waals surface area contributed by atoms with Crippen molar-refractivity contribution in [3.8, 4) is 0 Å². The highest BCUT2D eigenvalue weighted by Gasteiger charge is 2.42. The topological polar surface area (TPSA) is 53.5 Å². The van der Waals surface area contributed by atoms with Gasteiger partial charge in [-0.1, -0.05) is 6.07 Å². The number of likely N-dealkylation sites (tertiary alicyclic amines) is 2. The van der Waals surface area contributed by atoms with Gasteiger partial charge < -0.3 is 0 Å². The van der Waals surface area contributed by atoms with E-state index in [1.807, 2.05) is 18.2 Å². The van der Waals surface area contributed by atoms with Crippen molar-refractivity contribution in [2.75, 3.05) is 13.1 Å². The van der Waals surface area contributed by atoms with Crippen LogP contribution in [0.2, 0.25) is 0 Å². The molecular weight excluding hydrogens is 242 g/mol. The Morgan fingerprint density at radius 1 is 1.21 bits per heavy atom. The molecule has 3 rings (SSSR count). The molecule has 100 valence electrons. The van der Waals surface area contributed by atoms with Gasteiger partial charge in [-0.3, -0.25) is 24.4 Å². The summed E-state index contributed by atoms with van der Waals surface area (Å²) < 4.78 is 0. The number of imide groups is 1. The molecule has 1 aromatic heterocycles. The van der Waals surface area contributed by atoms with Crippen molar-refractivity contribution in [1.29, 1.82) is 0 Å². The highest BCUT2D eigenvalue weighted by molar-refractivity contribution is 6.02. The summed E-state index contributed by atoms with van der Waals surface area (Å²) in [6.45, 7) is 3.62. The zero-order valence-corrected chi connectivity index (χ0v) is 11.0. The van der Waals surface area contributed by atoms with Gasteiger partial charge in [0.05, 0.1) is 11.7 Å². The number of pyridine rings is 1. The molecule has 0 spiro atoms. The van der Waals surface area contributed by atoms with E-state index in [2.05, 4.69) is 16.8 Å². The Bertz CT molecular complexity index is 481. The first kappa shape index (κ1) is 12.3. The van der Waals surface area contributed by atoms with Gasteiger partial charge in [-0.05, 0) is 19.1 Å². The molecular formula is C14H17N3O2. The fraction of sp³-hybridized carbons (Fsp3) is 0.500. The number of amides is 2. The molecule has 5 nitrogen and oxygen atoms in total. The van der Waals surface area contributed by atoms with Gasteiger partial charge in [-0.25, -0.2) is 0 Å². The van der Waals surface area contributed by atoms with Crippen LogP contribution in [0.25, 0.3) is 0 Å². The van der Waals surface area contributed by atoms with Crippen molar-refractivity contribution < 1.29 is 9.59 Å². The molecule has 2 fully saturated rings. The lowest BCUT2D eigenvalue weighted by Crippen LogP contribution is -2.61. The lowest BCUT2D eigenvalue weighted by molar-refractivity contribution is -0.145. The number of carbonyl (C=O) groups excluding carboxylic acids is 2. The van der Waals surface area contributed by atoms with Crippen LogP contribution in [0.15, 0.2) is 24.4 Å². The fourth-order valence-corrected chi connectivity index (χ4v) is 2.78. The smallest absolute Gasteiger partial charge is 0.230 e. The fourth-order valence-electron chi connectivity index (χ4n) is 2.78. The van der Waals surface area contributed by atoms with Crippen LogP contribution in [0.3, 0.4) is 0 Å². The maximum Gasteiger partial charge on any atom is 0.230 e. The third-order valence-electron chi connectivity index (χ3n) is 4.01. The molecule has 1 atom stereocenters. The number of rotatable bonds is 3. The number of hydrogen-bond donors (Lipinski definition) is 0. The maximum atomic E-state index is 11.6. The van der Waals surface area contributed by atoms with Crippen molar-refractivity contribution in [1.82, 2.24) is 14.8 Å². The minimum absolute atomic E-state index is 0.0138. The van der Waals surface area contributed by atoms with E-state index in [4.69, 9.17) is 0 Å². The summed E-state index contributed by atoms with van der Waals surface area (Å²) in [4.78, 5) is 31.3. The Morgan fingerprint density at radius 2 is 1.89 bits per heavy atom. The Labute approximate surface area is 112 Å². The lowest BCUT2D eigenvalue weighted by atomic mass is 10.0. The normalized spacial score (nSPS) is 22.7. The summed E-state index contributed by atoms with van der Waals surface area (Å²) >= 11 is 0. The van der Waals surface area contributed by atoms with Crippen molar-refractivity contribution in [3.63, 3.8) is 0 Å². The summed E-state index contributed by atoms with van der Waals surface area (Å²) in [7, 11) is 0. The minimum Gasteiger partial charge on any atom is -0.291 e. The second-order valence-electron chi connectivity index (χ2n) is 5.20. The second kappa shape index (κ2) is 4.74. The van der Waals surface area contributed by atoms with Crippen LogP contribution in [-0.4, -0.2) is 45.7 Å². The molecule has 2 saturated heterocycles. The van der Waals surface area contributed by atoms with Crippen LogP contribution in [0.1, 0.15) is 31.5 Å². The average Bonchev–Trinajstić information content (AvgIpc) is 2.70. The van der Waals surface area contributed by atoms with Gasteiger partial charge in [0.1, 0.15) is 0 Å². The van der Waals surface area contributed by atoms with E-state index in [1.54, 1.807) is 6.20 Å². The molecule has 1 aromatic rings. The SMILES string of the molecule is CC(c1ccccn1)N1CC(N2C(=O)CCC2=O)C1. The highest BCUT2D eigenvalue weighted by Crippen LogP contribution is 2.28. The first-order valence-electron chi connectivity index (χ1n) is 6.66. The van der Waals surface area contributed by atoms with Gasteiger partial charge in [-0.15, -0.1) is 0 Å². The van der Waals surface area contributed by atoms with Crippen LogP contribution in [0, 0.1) is 0 Å². The maximum absolute atomic E-state index is 11.6. The van der Waals surface area contributed by atoms with Gasteiger partial charge in [-0.2, -0.15) is 0 Å². The van der Waals surface area contributed by atoms with Crippen molar-refractivity contribution >= 4 is 11.8 Å². The molecule has 19 heavy (non-hydrogen) atoms. The Kier molecular flexibility index (Phi) is 3.06. The summed E-state index contributed by atoms with van der Waals surface area (Å²) in [5.74, 6) is -0.0275. The van der Waals surface area contributed by atoms with Crippen LogP contribution < -0.4 is 0 Å². The van der Waals surface area contributed by atoms with Gasteiger partial charge in [0, 0.05) is 38.2 Å². The zero-order chi connectivity index (χ0) is 13.4. The third kappa shape index (κ3) is 2.14. The monoisotopic (exact) mass is 259 g/mol. The van der Waals surface area contributed by atoms with Gasteiger partial charge in [0.15, 0.2) is 0 Å². The molecule has 2 aliphatic heterocycles. The first-order chi connectivity index (χ1) is 9.16. The van der Waals surface area contributed by atoms with Gasteiger partial charge >= 0.3 is 0 Å². The first-order valence-corrected chi connectivity index (χ1v) is 6.66. The Hall–Kier alpha value is -1.75. The molecule has 1 unspecified atom stereocenters. The van der Waals surface area contributed by atoms with E-state index < -0.39 is 0 Å².